The average molecular weight is 518 g/mol. The number of aliphatic hydroxyl groups is 1. The van der Waals surface area contributed by atoms with E-state index in [0.717, 1.165) is 12.8 Å². The Bertz CT molecular complexity index is 1240. The van der Waals surface area contributed by atoms with Gasteiger partial charge in [-0.2, -0.15) is 23.5 Å². The monoisotopic (exact) mass is 517 g/mol. The van der Waals surface area contributed by atoms with E-state index in [4.69, 9.17) is 5.26 Å². The minimum atomic E-state index is -4.68. The van der Waals surface area contributed by atoms with Gasteiger partial charge in [0, 0.05) is 30.1 Å². The van der Waals surface area contributed by atoms with Crippen LogP contribution in [0, 0.1) is 17.2 Å². The lowest BCUT2D eigenvalue weighted by Crippen LogP contribution is -2.54. The predicted molar refractivity (Wildman–Crippen MR) is 121 cm³/mol. The van der Waals surface area contributed by atoms with Crippen LogP contribution in [0.1, 0.15) is 67.5 Å². The molecular weight excluding hydrogens is 491 g/mol. The van der Waals surface area contributed by atoms with E-state index in [-0.39, 0.29) is 42.0 Å². The van der Waals surface area contributed by atoms with Crippen LogP contribution in [0.25, 0.3) is 11.4 Å². The second-order valence-electron chi connectivity index (χ2n) is 10.3. The lowest BCUT2D eigenvalue weighted by Gasteiger charge is -2.41. The zero-order chi connectivity index (χ0) is 26.4. The molecule has 10 nitrogen and oxygen atoms in total. The van der Waals surface area contributed by atoms with Gasteiger partial charge in [-0.15, -0.1) is 0 Å². The zero-order valence-corrected chi connectivity index (χ0v) is 19.9. The van der Waals surface area contributed by atoms with Crippen LogP contribution in [0.2, 0.25) is 0 Å². The summed E-state index contributed by atoms with van der Waals surface area (Å²) in [5.74, 6) is -0.804. The number of hydrogen-bond acceptors (Lipinski definition) is 7. The lowest BCUT2D eigenvalue weighted by molar-refractivity contribution is -0.270. The molecule has 2 aromatic rings. The molecular formula is C24H26F3N7O3. The van der Waals surface area contributed by atoms with Crippen molar-refractivity contribution < 1.29 is 27.9 Å². The van der Waals surface area contributed by atoms with Crippen molar-refractivity contribution in [2.24, 2.45) is 5.92 Å². The molecule has 0 bridgehead atoms. The number of aromatic amines is 1. The standard InChI is InChI=1S/C24H26F3N7O3/c25-24(26,27)23(37)4-1-15(2-5-23)31-20(35)14-3-8-34(22(11-14)6-7-22)21(36)19-10-18(32-33-19)17-9-16(12-28)29-13-30-17/h9-10,13-15,37H,1-8,11H2,(H,31,35)(H,32,33)/t14-,15-,23-/m1/s1. The highest BCUT2D eigenvalue weighted by Crippen LogP contribution is 2.50. The molecule has 2 saturated carbocycles. The summed E-state index contributed by atoms with van der Waals surface area (Å²) in [6.07, 6.45) is -1.71. The van der Waals surface area contributed by atoms with E-state index in [1.807, 2.05) is 6.07 Å². The summed E-state index contributed by atoms with van der Waals surface area (Å²) in [7, 11) is 0. The molecule has 13 heteroatoms. The third kappa shape index (κ3) is 4.77. The Kier molecular flexibility index (Phi) is 6.18. The van der Waals surface area contributed by atoms with Crippen molar-refractivity contribution in [3.63, 3.8) is 0 Å². The number of carbonyl (C=O) groups excluding carboxylic acids is 2. The number of piperidine rings is 1. The van der Waals surface area contributed by atoms with Crippen LogP contribution in [0.3, 0.4) is 0 Å². The largest absolute Gasteiger partial charge is 0.417 e. The number of hydrogen-bond donors (Lipinski definition) is 3. The molecule has 1 saturated heterocycles. The first-order valence-corrected chi connectivity index (χ1v) is 12.2. The highest BCUT2D eigenvalue weighted by molar-refractivity contribution is 5.94. The van der Waals surface area contributed by atoms with Crippen LogP contribution in [0.15, 0.2) is 18.5 Å². The first-order valence-electron chi connectivity index (χ1n) is 12.2. The van der Waals surface area contributed by atoms with Gasteiger partial charge in [0.25, 0.3) is 5.91 Å². The van der Waals surface area contributed by atoms with Crippen molar-refractivity contribution >= 4 is 11.8 Å². The van der Waals surface area contributed by atoms with Crippen molar-refractivity contribution in [2.45, 2.75) is 74.7 Å². The number of alkyl halides is 3. The Labute approximate surface area is 210 Å². The van der Waals surface area contributed by atoms with E-state index in [0.29, 0.717) is 30.8 Å². The molecule has 0 radical (unpaired) electrons. The molecule has 1 spiro atoms. The molecule has 2 aromatic heterocycles. The van der Waals surface area contributed by atoms with Gasteiger partial charge in [-0.1, -0.05) is 0 Å². The molecule has 5 rings (SSSR count). The highest BCUT2D eigenvalue weighted by Gasteiger charge is 2.56. The van der Waals surface area contributed by atoms with Gasteiger partial charge in [-0.25, -0.2) is 9.97 Å². The van der Waals surface area contributed by atoms with E-state index < -0.39 is 36.2 Å². The van der Waals surface area contributed by atoms with Crippen LogP contribution >= 0.6 is 0 Å². The van der Waals surface area contributed by atoms with Gasteiger partial charge in [-0.3, -0.25) is 14.7 Å². The second-order valence-corrected chi connectivity index (χ2v) is 10.3. The second kappa shape index (κ2) is 9.09. The third-order valence-corrected chi connectivity index (χ3v) is 7.88. The quantitative estimate of drug-likeness (QED) is 0.564. The Hall–Kier alpha value is -3.53. The molecule has 0 aromatic carbocycles. The average Bonchev–Trinajstić information content (AvgIpc) is 3.45. The Morgan fingerprint density at radius 2 is 1.89 bits per heavy atom. The normalized spacial score (nSPS) is 26.9. The summed E-state index contributed by atoms with van der Waals surface area (Å²) in [4.78, 5) is 36.0. The van der Waals surface area contributed by atoms with Crippen LogP contribution in [-0.4, -0.2) is 71.9 Å². The van der Waals surface area contributed by atoms with Crippen LogP contribution in [0.4, 0.5) is 13.2 Å². The Morgan fingerprint density at radius 3 is 2.54 bits per heavy atom. The third-order valence-electron chi connectivity index (χ3n) is 7.88. The van der Waals surface area contributed by atoms with Gasteiger partial charge in [0.1, 0.15) is 18.1 Å². The summed E-state index contributed by atoms with van der Waals surface area (Å²) in [6, 6.07) is 4.60. The molecule has 1 atom stereocenters. The molecule has 3 N–H and O–H groups in total. The van der Waals surface area contributed by atoms with Crippen molar-refractivity contribution in [1.82, 2.24) is 30.4 Å². The molecule has 2 amide bonds. The molecule has 196 valence electrons. The number of likely N-dealkylation sites (tertiary alicyclic amines) is 1. The number of H-pyrrole nitrogens is 1. The van der Waals surface area contributed by atoms with Gasteiger partial charge >= 0.3 is 6.18 Å². The fourth-order valence-electron chi connectivity index (χ4n) is 5.46. The topological polar surface area (TPSA) is 148 Å². The fourth-order valence-corrected chi connectivity index (χ4v) is 5.46. The van der Waals surface area contributed by atoms with Crippen molar-refractivity contribution in [1.29, 1.82) is 5.26 Å². The summed E-state index contributed by atoms with van der Waals surface area (Å²) in [6.45, 7) is 0.365. The van der Waals surface area contributed by atoms with Gasteiger partial charge in [0.05, 0.1) is 11.4 Å². The number of nitriles is 1. The molecule has 0 unspecified atom stereocenters. The summed E-state index contributed by atoms with van der Waals surface area (Å²) in [5.41, 5.74) is -1.80. The maximum atomic E-state index is 13.3. The number of nitrogens with one attached hydrogen (secondary N) is 2. The molecule has 37 heavy (non-hydrogen) atoms. The number of amides is 2. The van der Waals surface area contributed by atoms with Crippen molar-refractivity contribution in [3.8, 4) is 17.5 Å². The summed E-state index contributed by atoms with van der Waals surface area (Å²) >= 11 is 0. The van der Waals surface area contributed by atoms with Gasteiger partial charge in [-0.05, 0) is 57.4 Å². The number of rotatable bonds is 4. The smallest absolute Gasteiger partial charge is 0.380 e. The SMILES string of the molecule is N#Cc1cc(-c2cc(C(=O)N3CC[C@@H](C(=O)N[C@H]4CC[C@@](O)(C(F)(F)F)CC4)CC34CC4)n[nH]2)ncn1. The van der Waals surface area contributed by atoms with Crippen LogP contribution in [0.5, 0.6) is 0 Å². The molecule has 1 aliphatic heterocycles. The van der Waals surface area contributed by atoms with E-state index in [9.17, 15) is 27.9 Å². The molecule has 3 fully saturated rings. The number of nitrogens with zero attached hydrogens (tertiary/aromatic N) is 5. The zero-order valence-electron chi connectivity index (χ0n) is 19.9. The van der Waals surface area contributed by atoms with E-state index in [1.54, 1.807) is 11.0 Å². The Balaban J connectivity index is 1.19. The lowest BCUT2D eigenvalue weighted by atomic mass is 9.81. The first-order chi connectivity index (χ1) is 17.5. The molecule has 2 aliphatic carbocycles. The number of aromatic nitrogens is 4. The highest BCUT2D eigenvalue weighted by atomic mass is 19.4. The van der Waals surface area contributed by atoms with E-state index in [1.165, 1.54) is 12.4 Å². The van der Waals surface area contributed by atoms with E-state index >= 15 is 0 Å². The molecule has 3 heterocycles. The van der Waals surface area contributed by atoms with Crippen molar-refractivity contribution in [2.75, 3.05) is 6.54 Å². The van der Waals surface area contributed by atoms with Crippen LogP contribution < -0.4 is 5.32 Å². The van der Waals surface area contributed by atoms with Gasteiger partial charge in [0.2, 0.25) is 5.91 Å². The van der Waals surface area contributed by atoms with Crippen LogP contribution in [-0.2, 0) is 4.79 Å². The minimum absolute atomic E-state index is 0.0634. The van der Waals surface area contributed by atoms with Gasteiger partial charge < -0.3 is 15.3 Å². The predicted octanol–water partition coefficient (Wildman–Crippen LogP) is 2.48. The number of carbonyl (C=O) groups is 2. The van der Waals surface area contributed by atoms with Crippen molar-refractivity contribution in [3.05, 3.63) is 29.8 Å². The molecule has 3 aliphatic rings. The summed E-state index contributed by atoms with van der Waals surface area (Å²) in [5, 5.41) is 28.7. The summed E-state index contributed by atoms with van der Waals surface area (Å²) < 4.78 is 39.1. The maximum Gasteiger partial charge on any atom is 0.417 e. The first kappa shape index (κ1) is 25.1. The maximum absolute atomic E-state index is 13.3. The number of halogens is 3. The van der Waals surface area contributed by atoms with Gasteiger partial charge in [0.15, 0.2) is 11.3 Å². The minimum Gasteiger partial charge on any atom is -0.380 e. The fraction of sp³-hybridized carbons (Fsp3) is 0.583. The van der Waals surface area contributed by atoms with E-state index in [2.05, 4.69) is 25.5 Å². The Morgan fingerprint density at radius 1 is 1.16 bits per heavy atom.